The molecule has 1 aromatic rings. The summed E-state index contributed by atoms with van der Waals surface area (Å²) >= 11 is 0. The van der Waals surface area contributed by atoms with Crippen LogP contribution in [0.4, 0.5) is 10.5 Å². The Morgan fingerprint density at radius 2 is 2.21 bits per heavy atom. The van der Waals surface area contributed by atoms with Gasteiger partial charge in [-0.05, 0) is 44.0 Å². The van der Waals surface area contributed by atoms with Crippen LogP contribution in [0.15, 0.2) is 24.3 Å². The first-order chi connectivity index (χ1) is 9.28. The second kappa shape index (κ2) is 6.99. The second-order valence-electron chi connectivity index (χ2n) is 4.76. The lowest BCUT2D eigenvalue weighted by Gasteiger charge is -2.22. The molecular formula is C14H21N3O2. The fourth-order valence-corrected chi connectivity index (χ4v) is 2.20. The Morgan fingerprint density at radius 3 is 2.95 bits per heavy atom. The van der Waals surface area contributed by atoms with Gasteiger partial charge in [-0.1, -0.05) is 6.07 Å². The number of ether oxygens (including phenoxy) is 1. The average molecular weight is 263 g/mol. The average Bonchev–Trinajstić information content (AvgIpc) is 2.46. The molecule has 1 aromatic carbocycles. The van der Waals surface area contributed by atoms with E-state index in [1.165, 1.54) is 0 Å². The Balaban J connectivity index is 1.76. The molecule has 0 atom stereocenters. The Hall–Kier alpha value is -1.75. The molecule has 0 radical (unpaired) electrons. The maximum atomic E-state index is 11.8. The molecule has 1 fully saturated rings. The van der Waals surface area contributed by atoms with E-state index in [0.717, 1.165) is 43.9 Å². The van der Waals surface area contributed by atoms with Crippen molar-refractivity contribution in [3.05, 3.63) is 24.3 Å². The summed E-state index contributed by atoms with van der Waals surface area (Å²) < 4.78 is 5.11. The van der Waals surface area contributed by atoms with Gasteiger partial charge in [0.25, 0.3) is 0 Å². The topological polar surface area (TPSA) is 62.4 Å². The van der Waals surface area contributed by atoms with Crippen LogP contribution in [0.5, 0.6) is 5.75 Å². The van der Waals surface area contributed by atoms with Crippen molar-refractivity contribution in [1.82, 2.24) is 10.6 Å². The van der Waals surface area contributed by atoms with Gasteiger partial charge >= 0.3 is 6.03 Å². The van der Waals surface area contributed by atoms with Gasteiger partial charge in [0.15, 0.2) is 0 Å². The molecule has 0 aromatic heterocycles. The number of methoxy groups -OCH3 is 1. The van der Waals surface area contributed by atoms with E-state index in [1.807, 2.05) is 18.2 Å². The van der Waals surface area contributed by atoms with Gasteiger partial charge in [-0.15, -0.1) is 0 Å². The molecule has 1 heterocycles. The van der Waals surface area contributed by atoms with Gasteiger partial charge in [0.05, 0.1) is 7.11 Å². The molecule has 0 saturated carbocycles. The minimum atomic E-state index is -0.160. The molecule has 0 unspecified atom stereocenters. The number of benzene rings is 1. The molecule has 0 spiro atoms. The molecule has 1 saturated heterocycles. The SMILES string of the molecule is COc1cccc(NC(=O)NCC2CCNCC2)c1. The van der Waals surface area contributed by atoms with Crippen molar-refractivity contribution in [2.45, 2.75) is 12.8 Å². The van der Waals surface area contributed by atoms with Gasteiger partial charge in [0, 0.05) is 18.3 Å². The number of rotatable bonds is 4. The molecule has 2 rings (SSSR count). The fourth-order valence-electron chi connectivity index (χ4n) is 2.20. The largest absolute Gasteiger partial charge is 0.497 e. The van der Waals surface area contributed by atoms with E-state index in [2.05, 4.69) is 16.0 Å². The van der Waals surface area contributed by atoms with E-state index >= 15 is 0 Å². The highest BCUT2D eigenvalue weighted by atomic mass is 16.5. The first kappa shape index (κ1) is 13.7. The van der Waals surface area contributed by atoms with Crippen molar-refractivity contribution in [2.75, 3.05) is 32.1 Å². The molecule has 1 aliphatic rings. The van der Waals surface area contributed by atoms with E-state index in [4.69, 9.17) is 4.74 Å². The first-order valence-electron chi connectivity index (χ1n) is 6.67. The highest BCUT2D eigenvalue weighted by molar-refractivity contribution is 5.89. The molecule has 0 aliphatic carbocycles. The van der Waals surface area contributed by atoms with Gasteiger partial charge in [-0.3, -0.25) is 0 Å². The summed E-state index contributed by atoms with van der Waals surface area (Å²) in [6, 6.07) is 7.17. The Kier molecular flexibility index (Phi) is 5.03. The number of hydrogen-bond acceptors (Lipinski definition) is 3. The highest BCUT2D eigenvalue weighted by Crippen LogP contribution is 2.16. The van der Waals surface area contributed by atoms with Crippen LogP contribution in [0.3, 0.4) is 0 Å². The zero-order valence-electron chi connectivity index (χ0n) is 11.2. The molecule has 3 N–H and O–H groups in total. The number of piperidine rings is 1. The highest BCUT2D eigenvalue weighted by Gasteiger charge is 2.13. The first-order valence-corrected chi connectivity index (χ1v) is 6.67. The molecule has 19 heavy (non-hydrogen) atoms. The van der Waals surface area contributed by atoms with E-state index in [9.17, 15) is 4.79 Å². The van der Waals surface area contributed by atoms with Crippen LogP contribution < -0.4 is 20.7 Å². The summed E-state index contributed by atoms with van der Waals surface area (Å²) in [7, 11) is 1.61. The number of amides is 2. The Morgan fingerprint density at radius 1 is 1.42 bits per heavy atom. The molecule has 104 valence electrons. The quantitative estimate of drug-likeness (QED) is 0.776. The van der Waals surface area contributed by atoms with E-state index < -0.39 is 0 Å². The lowest BCUT2D eigenvalue weighted by molar-refractivity contribution is 0.248. The Bertz CT molecular complexity index is 417. The van der Waals surface area contributed by atoms with E-state index in [-0.39, 0.29) is 6.03 Å². The number of nitrogens with one attached hydrogen (secondary N) is 3. The number of carbonyl (C=O) groups excluding carboxylic acids is 1. The lowest BCUT2D eigenvalue weighted by Crippen LogP contribution is -2.37. The van der Waals surface area contributed by atoms with Crippen LogP contribution in [0.2, 0.25) is 0 Å². The third-order valence-corrected chi connectivity index (χ3v) is 3.34. The van der Waals surface area contributed by atoms with Crippen molar-refractivity contribution in [3.8, 4) is 5.75 Å². The van der Waals surface area contributed by atoms with Crippen LogP contribution in [-0.2, 0) is 0 Å². The third kappa shape index (κ3) is 4.44. The standard InChI is InChI=1S/C14H21N3O2/c1-19-13-4-2-3-12(9-13)17-14(18)16-10-11-5-7-15-8-6-11/h2-4,9,11,15H,5-8,10H2,1H3,(H2,16,17,18). The Labute approximate surface area is 113 Å². The van der Waals surface area contributed by atoms with E-state index in [1.54, 1.807) is 13.2 Å². The van der Waals surface area contributed by atoms with Crippen LogP contribution >= 0.6 is 0 Å². The summed E-state index contributed by atoms with van der Waals surface area (Å²) in [5, 5.41) is 9.04. The zero-order valence-corrected chi connectivity index (χ0v) is 11.2. The van der Waals surface area contributed by atoms with Crippen molar-refractivity contribution >= 4 is 11.7 Å². The van der Waals surface area contributed by atoms with Crippen molar-refractivity contribution < 1.29 is 9.53 Å². The monoisotopic (exact) mass is 263 g/mol. The van der Waals surface area contributed by atoms with Gasteiger partial charge < -0.3 is 20.7 Å². The number of anilines is 1. The van der Waals surface area contributed by atoms with Crippen LogP contribution in [0, 0.1) is 5.92 Å². The molecular weight excluding hydrogens is 242 g/mol. The minimum Gasteiger partial charge on any atom is -0.497 e. The van der Waals surface area contributed by atoms with Gasteiger partial charge in [-0.25, -0.2) is 4.79 Å². The molecule has 2 amide bonds. The molecule has 1 aliphatic heterocycles. The zero-order chi connectivity index (χ0) is 13.5. The molecule has 0 bridgehead atoms. The summed E-state index contributed by atoms with van der Waals surface area (Å²) in [4.78, 5) is 11.8. The second-order valence-corrected chi connectivity index (χ2v) is 4.76. The van der Waals surface area contributed by atoms with Crippen LogP contribution in [0.25, 0.3) is 0 Å². The number of urea groups is 1. The van der Waals surface area contributed by atoms with Gasteiger partial charge in [0.2, 0.25) is 0 Å². The van der Waals surface area contributed by atoms with Crippen molar-refractivity contribution in [3.63, 3.8) is 0 Å². The maximum absolute atomic E-state index is 11.8. The van der Waals surface area contributed by atoms with E-state index in [0.29, 0.717) is 5.92 Å². The number of hydrogen-bond donors (Lipinski definition) is 3. The van der Waals surface area contributed by atoms with Gasteiger partial charge in [-0.2, -0.15) is 0 Å². The fraction of sp³-hybridized carbons (Fsp3) is 0.500. The van der Waals surface area contributed by atoms with Gasteiger partial charge in [0.1, 0.15) is 5.75 Å². The van der Waals surface area contributed by atoms with Crippen molar-refractivity contribution in [2.24, 2.45) is 5.92 Å². The van der Waals surface area contributed by atoms with Crippen molar-refractivity contribution in [1.29, 1.82) is 0 Å². The predicted octanol–water partition coefficient (Wildman–Crippen LogP) is 1.82. The smallest absolute Gasteiger partial charge is 0.319 e. The molecule has 5 nitrogen and oxygen atoms in total. The normalized spacial score (nSPS) is 15.8. The summed E-state index contributed by atoms with van der Waals surface area (Å²) in [6.07, 6.45) is 2.25. The predicted molar refractivity (Wildman–Crippen MR) is 75.6 cm³/mol. The molecule has 5 heteroatoms. The summed E-state index contributed by atoms with van der Waals surface area (Å²) in [5.74, 6) is 1.31. The minimum absolute atomic E-state index is 0.160. The number of carbonyl (C=O) groups is 1. The lowest BCUT2D eigenvalue weighted by atomic mass is 9.98. The third-order valence-electron chi connectivity index (χ3n) is 3.34. The summed E-state index contributed by atoms with van der Waals surface area (Å²) in [6.45, 7) is 2.82. The van der Waals surface area contributed by atoms with Crippen LogP contribution in [-0.4, -0.2) is 32.8 Å². The maximum Gasteiger partial charge on any atom is 0.319 e. The summed E-state index contributed by atoms with van der Waals surface area (Å²) in [5.41, 5.74) is 0.738. The van der Waals surface area contributed by atoms with Crippen LogP contribution in [0.1, 0.15) is 12.8 Å².